The molecule has 0 bridgehead atoms. The molecule has 2 aromatic heterocycles. The van der Waals surface area contributed by atoms with Crippen LogP contribution in [-0.4, -0.2) is 74.5 Å². The molecule has 1 fully saturated rings. The van der Waals surface area contributed by atoms with Crippen molar-refractivity contribution in [1.29, 1.82) is 0 Å². The van der Waals surface area contributed by atoms with Gasteiger partial charge in [0.1, 0.15) is 6.04 Å². The monoisotopic (exact) mass is 487 g/mol. The fourth-order valence-corrected chi connectivity index (χ4v) is 5.15. The fraction of sp³-hybridized carbons (Fsp3) is 0.385. The molecule has 2 aliphatic heterocycles. The number of piperazine rings is 1. The number of pyridine rings is 1. The third kappa shape index (κ3) is 4.33. The molecule has 1 saturated heterocycles. The predicted molar refractivity (Wildman–Crippen MR) is 134 cm³/mol. The molecular formula is C26H29N7O3. The summed E-state index contributed by atoms with van der Waals surface area (Å²) in [5.74, 6) is 1.98. The normalized spacial score (nSPS) is 17.0. The summed E-state index contributed by atoms with van der Waals surface area (Å²) >= 11 is 0. The van der Waals surface area contributed by atoms with Crippen molar-refractivity contribution in [3.8, 4) is 11.5 Å². The van der Waals surface area contributed by atoms with E-state index in [-0.39, 0.29) is 18.4 Å². The second-order valence-electron chi connectivity index (χ2n) is 9.31. The molecular weight excluding hydrogens is 458 g/mol. The smallest absolute Gasteiger partial charge is 0.253 e. The summed E-state index contributed by atoms with van der Waals surface area (Å²) in [4.78, 5) is 21.4. The largest absolute Gasteiger partial charge is 0.454 e. The molecule has 6 rings (SSSR count). The Hall–Kier alpha value is -3.76. The van der Waals surface area contributed by atoms with Crippen LogP contribution in [0.1, 0.15) is 36.3 Å². The zero-order chi connectivity index (χ0) is 24.5. The van der Waals surface area contributed by atoms with Crippen molar-refractivity contribution < 1.29 is 9.47 Å². The Balaban J connectivity index is 1.42. The highest BCUT2D eigenvalue weighted by molar-refractivity contribution is 5.83. The van der Waals surface area contributed by atoms with Gasteiger partial charge in [0, 0.05) is 43.2 Å². The molecule has 0 amide bonds. The topological polar surface area (TPSA) is 101 Å². The minimum Gasteiger partial charge on any atom is -0.454 e. The van der Waals surface area contributed by atoms with Gasteiger partial charge in [0.05, 0.1) is 12.1 Å². The zero-order valence-electron chi connectivity index (χ0n) is 20.3. The summed E-state index contributed by atoms with van der Waals surface area (Å²) in [6.45, 7) is 7.51. The Morgan fingerprint density at radius 2 is 1.81 bits per heavy atom. The lowest BCUT2D eigenvalue weighted by atomic mass is 10.0. The van der Waals surface area contributed by atoms with Crippen LogP contribution in [0, 0.1) is 0 Å². The maximum Gasteiger partial charge on any atom is 0.253 e. The van der Waals surface area contributed by atoms with Gasteiger partial charge >= 0.3 is 0 Å². The summed E-state index contributed by atoms with van der Waals surface area (Å²) in [5.41, 5.74) is 2.27. The molecule has 0 unspecified atom stereocenters. The van der Waals surface area contributed by atoms with E-state index in [1.165, 1.54) is 0 Å². The van der Waals surface area contributed by atoms with Crippen LogP contribution in [0.15, 0.2) is 53.3 Å². The second kappa shape index (κ2) is 9.71. The molecule has 10 heteroatoms. The number of aromatic nitrogens is 5. The lowest BCUT2D eigenvalue weighted by Crippen LogP contribution is -2.49. The summed E-state index contributed by atoms with van der Waals surface area (Å²) in [6.07, 6.45) is 1.12. The van der Waals surface area contributed by atoms with E-state index >= 15 is 0 Å². The maximum absolute atomic E-state index is 13.5. The first kappa shape index (κ1) is 22.7. The average molecular weight is 488 g/mol. The van der Waals surface area contributed by atoms with Gasteiger partial charge in [-0.2, -0.15) is 0 Å². The van der Waals surface area contributed by atoms with Crippen LogP contribution in [-0.2, 0) is 6.54 Å². The number of ether oxygens (including phenoxy) is 2. The highest BCUT2D eigenvalue weighted by atomic mass is 16.7. The van der Waals surface area contributed by atoms with Crippen LogP contribution in [0.5, 0.6) is 11.5 Å². The zero-order valence-corrected chi connectivity index (χ0v) is 20.3. The number of nitrogens with zero attached hydrogens (tertiary/aromatic N) is 6. The van der Waals surface area contributed by atoms with E-state index in [1.54, 1.807) is 0 Å². The van der Waals surface area contributed by atoms with Gasteiger partial charge in [-0.15, -0.1) is 5.10 Å². The van der Waals surface area contributed by atoms with Crippen molar-refractivity contribution in [2.75, 3.05) is 39.5 Å². The summed E-state index contributed by atoms with van der Waals surface area (Å²) in [5, 5.41) is 13.7. The molecule has 1 N–H and O–H groups in total. The Labute approximate surface area is 208 Å². The molecule has 0 saturated carbocycles. The quantitative estimate of drug-likeness (QED) is 0.424. The van der Waals surface area contributed by atoms with Gasteiger partial charge < -0.3 is 19.4 Å². The first-order valence-electron chi connectivity index (χ1n) is 12.4. The minimum absolute atomic E-state index is 0.156. The molecule has 186 valence electrons. The molecule has 0 radical (unpaired) electrons. The van der Waals surface area contributed by atoms with Gasteiger partial charge in [-0.3, -0.25) is 9.69 Å². The van der Waals surface area contributed by atoms with Crippen molar-refractivity contribution in [2.45, 2.75) is 25.9 Å². The van der Waals surface area contributed by atoms with Gasteiger partial charge in [0.25, 0.3) is 5.56 Å². The first-order valence-corrected chi connectivity index (χ1v) is 12.4. The van der Waals surface area contributed by atoms with Gasteiger partial charge in [-0.05, 0) is 41.1 Å². The number of hydrogen-bond acceptors (Lipinski definition) is 8. The minimum atomic E-state index is -0.383. The van der Waals surface area contributed by atoms with Crippen LogP contribution in [0.3, 0.4) is 0 Å². The number of aromatic amines is 1. The van der Waals surface area contributed by atoms with E-state index in [0.717, 1.165) is 50.1 Å². The number of hydrogen-bond donors (Lipinski definition) is 1. The molecule has 2 aliphatic rings. The van der Waals surface area contributed by atoms with E-state index < -0.39 is 0 Å². The molecule has 0 aliphatic carbocycles. The Bertz CT molecular complexity index is 1410. The summed E-state index contributed by atoms with van der Waals surface area (Å²) in [7, 11) is 0. The van der Waals surface area contributed by atoms with Crippen LogP contribution in [0.25, 0.3) is 10.9 Å². The molecule has 4 heterocycles. The molecule has 1 atom stereocenters. The summed E-state index contributed by atoms with van der Waals surface area (Å²) in [6, 6.07) is 15.4. The van der Waals surface area contributed by atoms with Crippen LogP contribution in [0.2, 0.25) is 0 Å². The SMILES string of the molecule is CCCN1CCN([C@@H](c2cc3cc4c(cc3[nH]c2=O)OCO4)c2nnnn2Cc2ccccc2)CC1. The highest BCUT2D eigenvalue weighted by Gasteiger charge is 2.33. The van der Waals surface area contributed by atoms with Gasteiger partial charge in [0.2, 0.25) is 6.79 Å². The van der Waals surface area contributed by atoms with E-state index in [4.69, 9.17) is 9.47 Å². The Morgan fingerprint density at radius 3 is 2.58 bits per heavy atom. The Morgan fingerprint density at radius 1 is 1.03 bits per heavy atom. The van der Waals surface area contributed by atoms with Gasteiger partial charge in [0.15, 0.2) is 17.3 Å². The Kier molecular flexibility index (Phi) is 6.12. The standard InChI is InChI=1S/C26H29N7O3/c1-2-8-31-9-11-32(12-10-31)24(25-28-29-30-33(25)16-18-6-4-3-5-7-18)20-13-19-14-22-23(36-17-35-22)15-21(19)27-26(20)34/h3-7,13-15,24H,2,8-12,16-17H2,1H3,(H,27,34)/t24-/m0/s1. The predicted octanol–water partition coefficient (Wildman–Crippen LogP) is 2.41. The third-order valence-electron chi connectivity index (χ3n) is 6.95. The average Bonchev–Trinajstić information content (AvgIpc) is 3.54. The number of rotatable bonds is 7. The van der Waals surface area contributed by atoms with Crippen molar-refractivity contribution in [3.05, 3.63) is 75.8 Å². The number of fused-ring (bicyclic) bond motifs is 2. The third-order valence-corrected chi connectivity index (χ3v) is 6.95. The molecule has 2 aromatic carbocycles. The van der Waals surface area contributed by atoms with Crippen LogP contribution in [0.4, 0.5) is 0 Å². The van der Waals surface area contributed by atoms with E-state index in [2.05, 4.69) is 49.4 Å². The second-order valence-corrected chi connectivity index (χ2v) is 9.31. The molecule has 10 nitrogen and oxygen atoms in total. The van der Waals surface area contributed by atoms with Crippen molar-refractivity contribution in [3.63, 3.8) is 0 Å². The van der Waals surface area contributed by atoms with Crippen molar-refractivity contribution in [1.82, 2.24) is 35.0 Å². The lowest BCUT2D eigenvalue weighted by molar-refractivity contribution is 0.104. The highest BCUT2D eigenvalue weighted by Crippen LogP contribution is 2.36. The van der Waals surface area contributed by atoms with Gasteiger partial charge in [-0.25, -0.2) is 4.68 Å². The summed E-state index contributed by atoms with van der Waals surface area (Å²) < 4.78 is 12.9. The molecule has 0 spiro atoms. The first-order chi connectivity index (χ1) is 17.7. The van der Waals surface area contributed by atoms with E-state index in [0.29, 0.717) is 34.9 Å². The van der Waals surface area contributed by atoms with Crippen molar-refractivity contribution >= 4 is 10.9 Å². The maximum atomic E-state index is 13.5. The fourth-order valence-electron chi connectivity index (χ4n) is 5.15. The number of benzene rings is 2. The van der Waals surface area contributed by atoms with Crippen LogP contribution >= 0.6 is 0 Å². The number of H-pyrrole nitrogens is 1. The molecule has 36 heavy (non-hydrogen) atoms. The number of tetrazole rings is 1. The van der Waals surface area contributed by atoms with E-state index in [9.17, 15) is 4.79 Å². The lowest BCUT2D eigenvalue weighted by Gasteiger charge is -2.38. The molecule has 4 aromatic rings. The number of nitrogens with one attached hydrogen (secondary N) is 1. The van der Waals surface area contributed by atoms with E-state index in [1.807, 2.05) is 41.1 Å². The van der Waals surface area contributed by atoms with Crippen LogP contribution < -0.4 is 15.0 Å². The van der Waals surface area contributed by atoms with Gasteiger partial charge in [-0.1, -0.05) is 37.3 Å². The van der Waals surface area contributed by atoms with Crippen molar-refractivity contribution in [2.24, 2.45) is 0 Å².